The molecule has 2 aliphatic rings. The van der Waals surface area contributed by atoms with Crippen molar-refractivity contribution in [2.45, 2.75) is 44.7 Å². The van der Waals surface area contributed by atoms with E-state index in [0.29, 0.717) is 26.3 Å². The molecule has 184 valence electrons. The Kier molecular flexibility index (Phi) is 5.96. The van der Waals surface area contributed by atoms with Crippen LogP contribution < -0.4 is 4.90 Å². The maximum atomic E-state index is 12.9. The number of imidazole rings is 1. The molecule has 0 bridgehead atoms. The number of anilines is 1. The number of carbonyl (C=O) groups is 2. The Hall–Kier alpha value is -4.01. The fourth-order valence-corrected chi connectivity index (χ4v) is 5.46. The first kappa shape index (κ1) is 22.5. The number of hydrogen-bond acceptors (Lipinski definition) is 5. The maximum absolute atomic E-state index is 12.9. The molecule has 4 heterocycles. The van der Waals surface area contributed by atoms with Crippen LogP contribution in [0.1, 0.15) is 43.0 Å². The average Bonchev–Trinajstić information content (AvgIpc) is 3.66. The molecular weight excluding hydrogens is 454 g/mol. The maximum Gasteiger partial charge on any atom is 0.227 e. The molecule has 0 unspecified atom stereocenters. The van der Waals surface area contributed by atoms with Gasteiger partial charge in [-0.15, -0.1) is 5.10 Å². The van der Waals surface area contributed by atoms with Crippen molar-refractivity contribution in [3.8, 4) is 0 Å². The van der Waals surface area contributed by atoms with Gasteiger partial charge in [-0.25, -0.2) is 9.67 Å². The number of carbonyl (C=O) groups excluding carboxylic acids is 2. The van der Waals surface area contributed by atoms with Crippen LogP contribution in [0.15, 0.2) is 60.9 Å². The number of fused-ring (bicyclic) bond motifs is 2. The van der Waals surface area contributed by atoms with E-state index in [1.807, 2.05) is 69.3 Å². The standard InChI is InChI=1S/C27H29N7O2/c35-25(9-10-26(36)33-17-13-20-5-1-3-7-23(20)33)31-15-11-21(12-16-31)27-28-14-18-32(27)19-34-24-8-4-2-6-22(24)29-30-34/h1-8,14,18,21H,9-13,15-17,19H2. The second-order valence-corrected chi connectivity index (χ2v) is 9.55. The van der Waals surface area contributed by atoms with Gasteiger partial charge in [0.1, 0.15) is 18.0 Å². The lowest BCUT2D eigenvalue weighted by Crippen LogP contribution is -2.39. The molecule has 1 saturated heterocycles. The summed E-state index contributed by atoms with van der Waals surface area (Å²) in [7, 11) is 0. The number of likely N-dealkylation sites (tertiary alicyclic amines) is 1. The van der Waals surface area contributed by atoms with E-state index in [4.69, 9.17) is 0 Å². The van der Waals surface area contributed by atoms with Crippen LogP contribution in [-0.2, 0) is 22.7 Å². The zero-order valence-electron chi connectivity index (χ0n) is 20.2. The SMILES string of the molecule is O=C(CCC(=O)N1CCc2ccccc21)N1CCC(c2nccn2Cn2nnc3ccccc32)CC1. The number of amides is 2. The van der Waals surface area contributed by atoms with Gasteiger partial charge in [0.05, 0.1) is 5.52 Å². The number of rotatable bonds is 6. The van der Waals surface area contributed by atoms with Crippen molar-refractivity contribution in [1.82, 2.24) is 29.4 Å². The van der Waals surface area contributed by atoms with Crippen molar-refractivity contribution >= 4 is 28.5 Å². The molecule has 0 radical (unpaired) electrons. The van der Waals surface area contributed by atoms with E-state index >= 15 is 0 Å². The van der Waals surface area contributed by atoms with E-state index in [1.165, 1.54) is 5.56 Å². The van der Waals surface area contributed by atoms with Gasteiger partial charge in [-0.2, -0.15) is 0 Å². The molecule has 2 aliphatic heterocycles. The summed E-state index contributed by atoms with van der Waals surface area (Å²) >= 11 is 0. The van der Waals surface area contributed by atoms with Crippen LogP contribution in [0.2, 0.25) is 0 Å². The summed E-state index contributed by atoms with van der Waals surface area (Å²) < 4.78 is 4.00. The molecule has 0 aliphatic carbocycles. The largest absolute Gasteiger partial charge is 0.343 e. The number of hydrogen-bond donors (Lipinski definition) is 0. The molecule has 6 rings (SSSR count). The average molecular weight is 484 g/mol. The molecule has 4 aromatic rings. The summed E-state index contributed by atoms with van der Waals surface area (Å²) in [5, 5.41) is 8.55. The molecule has 2 aromatic carbocycles. The molecule has 0 atom stereocenters. The van der Waals surface area contributed by atoms with Crippen LogP contribution in [0.5, 0.6) is 0 Å². The highest BCUT2D eigenvalue weighted by molar-refractivity contribution is 5.97. The highest BCUT2D eigenvalue weighted by Crippen LogP contribution is 2.29. The molecule has 2 aromatic heterocycles. The third-order valence-electron chi connectivity index (χ3n) is 7.41. The first-order valence-corrected chi connectivity index (χ1v) is 12.6. The summed E-state index contributed by atoms with van der Waals surface area (Å²) in [5.41, 5.74) is 4.06. The fraction of sp³-hybridized carbons (Fsp3) is 0.370. The Bertz CT molecular complexity index is 1400. The van der Waals surface area contributed by atoms with Crippen LogP contribution in [0, 0.1) is 0 Å². The van der Waals surface area contributed by atoms with Gasteiger partial charge in [-0.3, -0.25) is 9.59 Å². The predicted molar refractivity (Wildman–Crippen MR) is 135 cm³/mol. The third-order valence-corrected chi connectivity index (χ3v) is 7.41. The summed E-state index contributed by atoms with van der Waals surface area (Å²) in [6.07, 6.45) is 6.91. The number of piperidine rings is 1. The van der Waals surface area contributed by atoms with E-state index in [0.717, 1.165) is 41.8 Å². The van der Waals surface area contributed by atoms with Gasteiger partial charge in [0.15, 0.2) is 0 Å². The van der Waals surface area contributed by atoms with Crippen LogP contribution in [0.25, 0.3) is 11.0 Å². The van der Waals surface area contributed by atoms with Crippen molar-refractivity contribution in [3.05, 3.63) is 72.3 Å². The van der Waals surface area contributed by atoms with Gasteiger partial charge in [0.25, 0.3) is 0 Å². The van der Waals surface area contributed by atoms with Crippen LogP contribution >= 0.6 is 0 Å². The Labute approximate surface area is 209 Å². The van der Waals surface area contributed by atoms with Gasteiger partial charge < -0.3 is 14.4 Å². The van der Waals surface area contributed by atoms with E-state index in [-0.39, 0.29) is 30.6 Å². The molecule has 36 heavy (non-hydrogen) atoms. The van der Waals surface area contributed by atoms with Crippen molar-refractivity contribution in [2.24, 2.45) is 0 Å². The van der Waals surface area contributed by atoms with Gasteiger partial charge >= 0.3 is 0 Å². The molecule has 2 amide bonds. The summed E-state index contributed by atoms with van der Waals surface area (Å²) in [5.74, 6) is 1.39. The number of benzene rings is 2. The molecule has 0 N–H and O–H groups in total. The summed E-state index contributed by atoms with van der Waals surface area (Å²) in [6.45, 7) is 2.62. The Morgan fingerprint density at radius 3 is 2.58 bits per heavy atom. The number of para-hydroxylation sites is 2. The van der Waals surface area contributed by atoms with Crippen LogP contribution in [-0.4, -0.2) is 60.9 Å². The van der Waals surface area contributed by atoms with E-state index in [9.17, 15) is 9.59 Å². The summed E-state index contributed by atoms with van der Waals surface area (Å²) in [6, 6.07) is 15.9. The summed E-state index contributed by atoms with van der Waals surface area (Å²) in [4.78, 5) is 34.0. The van der Waals surface area contributed by atoms with Crippen LogP contribution in [0.3, 0.4) is 0 Å². The highest BCUT2D eigenvalue weighted by Gasteiger charge is 2.28. The molecule has 9 nitrogen and oxygen atoms in total. The fourth-order valence-electron chi connectivity index (χ4n) is 5.46. The smallest absolute Gasteiger partial charge is 0.227 e. The minimum Gasteiger partial charge on any atom is -0.343 e. The molecular formula is C27H29N7O2. The monoisotopic (exact) mass is 483 g/mol. The number of nitrogens with zero attached hydrogens (tertiary/aromatic N) is 7. The van der Waals surface area contributed by atoms with E-state index < -0.39 is 0 Å². The van der Waals surface area contributed by atoms with Crippen molar-refractivity contribution in [1.29, 1.82) is 0 Å². The molecule has 0 spiro atoms. The lowest BCUT2D eigenvalue weighted by atomic mass is 9.95. The minimum absolute atomic E-state index is 0.0332. The zero-order chi connectivity index (χ0) is 24.5. The Balaban J connectivity index is 1.03. The zero-order valence-corrected chi connectivity index (χ0v) is 20.2. The Morgan fingerprint density at radius 1 is 0.917 bits per heavy atom. The first-order valence-electron chi connectivity index (χ1n) is 12.6. The second-order valence-electron chi connectivity index (χ2n) is 9.55. The molecule has 0 saturated carbocycles. The van der Waals surface area contributed by atoms with Gasteiger partial charge in [0.2, 0.25) is 11.8 Å². The highest BCUT2D eigenvalue weighted by atomic mass is 16.2. The first-order chi connectivity index (χ1) is 17.7. The van der Waals surface area contributed by atoms with E-state index in [1.54, 1.807) is 0 Å². The van der Waals surface area contributed by atoms with Gasteiger partial charge in [0, 0.05) is 56.5 Å². The quantitative estimate of drug-likeness (QED) is 0.420. The van der Waals surface area contributed by atoms with Crippen molar-refractivity contribution < 1.29 is 9.59 Å². The Morgan fingerprint density at radius 2 is 1.69 bits per heavy atom. The number of aromatic nitrogens is 5. The third kappa shape index (κ3) is 4.25. The predicted octanol–water partition coefficient (Wildman–Crippen LogP) is 3.21. The minimum atomic E-state index is 0.0332. The lowest BCUT2D eigenvalue weighted by molar-refractivity contribution is -0.134. The second kappa shape index (κ2) is 9.56. The molecule has 1 fully saturated rings. The van der Waals surface area contributed by atoms with E-state index in [2.05, 4.69) is 25.9 Å². The molecule has 9 heteroatoms. The van der Waals surface area contributed by atoms with Crippen molar-refractivity contribution in [3.63, 3.8) is 0 Å². The topological polar surface area (TPSA) is 89.2 Å². The van der Waals surface area contributed by atoms with Gasteiger partial charge in [-0.1, -0.05) is 35.5 Å². The van der Waals surface area contributed by atoms with Gasteiger partial charge in [-0.05, 0) is 43.0 Å². The lowest BCUT2D eigenvalue weighted by Gasteiger charge is -2.32. The normalized spacial score (nSPS) is 16.0. The van der Waals surface area contributed by atoms with Crippen LogP contribution in [0.4, 0.5) is 5.69 Å². The van der Waals surface area contributed by atoms with Crippen molar-refractivity contribution in [2.75, 3.05) is 24.5 Å².